The van der Waals surface area contributed by atoms with E-state index in [4.69, 9.17) is 9.47 Å². The van der Waals surface area contributed by atoms with Gasteiger partial charge in [-0.3, -0.25) is 4.79 Å². The van der Waals surface area contributed by atoms with Crippen LogP contribution in [0.3, 0.4) is 0 Å². The average molecular weight is 535 g/mol. The Balaban J connectivity index is 1.95. The number of aryl methyl sites for hydroxylation is 1. The summed E-state index contributed by atoms with van der Waals surface area (Å²) in [7, 11) is 0. The summed E-state index contributed by atoms with van der Waals surface area (Å²) in [4.78, 5) is 11.9. The fraction of sp³-hybridized carbons (Fsp3) is 0.278. The van der Waals surface area contributed by atoms with Crippen molar-refractivity contribution in [3.63, 3.8) is 0 Å². The summed E-state index contributed by atoms with van der Waals surface area (Å²) in [6.45, 7) is 2.52. The Bertz CT molecular complexity index is 822. The number of ketones is 1. The van der Waals surface area contributed by atoms with Gasteiger partial charge in [-0.25, -0.2) is 0 Å². The molecule has 2 aromatic rings. The number of rotatable bonds is 4. The molecule has 2 aromatic carbocycles. The lowest BCUT2D eigenvalue weighted by Crippen LogP contribution is -2.21. The minimum Gasteiger partial charge on any atom is -0.507 e. The Kier molecular flexibility index (Phi) is 5.88. The van der Waals surface area contributed by atoms with Crippen molar-refractivity contribution in [3.8, 4) is 11.5 Å². The highest BCUT2D eigenvalue weighted by Crippen LogP contribution is 2.43. The van der Waals surface area contributed by atoms with Crippen LogP contribution < -0.4 is 4.74 Å². The molecule has 1 aliphatic rings. The van der Waals surface area contributed by atoms with Gasteiger partial charge < -0.3 is 14.6 Å². The van der Waals surface area contributed by atoms with Crippen molar-refractivity contribution >= 4 is 53.6 Å². The molecular weight excluding hydrogens is 520 g/mol. The summed E-state index contributed by atoms with van der Waals surface area (Å²) >= 11 is 10.6. The van der Waals surface area contributed by atoms with E-state index in [1.165, 1.54) is 6.07 Å². The molecule has 0 aliphatic carbocycles. The van der Waals surface area contributed by atoms with Crippen LogP contribution in [0.5, 0.6) is 11.5 Å². The predicted octanol–water partition coefficient (Wildman–Crippen LogP) is 5.41. The normalized spacial score (nSPS) is 15.8. The molecule has 0 saturated heterocycles. The zero-order valence-corrected chi connectivity index (χ0v) is 18.0. The smallest absolute Gasteiger partial charge is 0.189 e. The average Bonchev–Trinajstić information content (AvgIpc) is 2.61. The number of phenols is 1. The van der Waals surface area contributed by atoms with Gasteiger partial charge in [0.05, 0.1) is 21.8 Å². The van der Waals surface area contributed by atoms with Gasteiger partial charge in [-0.05, 0) is 31.2 Å². The molecule has 1 aliphatic heterocycles. The monoisotopic (exact) mass is 532 g/mol. The molecule has 0 spiro atoms. The van der Waals surface area contributed by atoms with Crippen LogP contribution in [0.15, 0.2) is 34.8 Å². The highest BCUT2D eigenvalue weighted by Gasteiger charge is 2.31. The summed E-state index contributed by atoms with van der Waals surface area (Å²) in [5.41, 5.74) is 2.97. The minimum atomic E-state index is -0.579. The molecule has 0 unspecified atom stereocenters. The number of benzene rings is 2. The van der Waals surface area contributed by atoms with E-state index in [-0.39, 0.29) is 23.2 Å². The van der Waals surface area contributed by atoms with E-state index in [9.17, 15) is 9.90 Å². The van der Waals surface area contributed by atoms with Crippen LogP contribution in [0.2, 0.25) is 0 Å². The molecular formula is C18H15Br3O4. The second-order valence-electron chi connectivity index (χ2n) is 5.78. The number of hydrogen-bond acceptors (Lipinski definition) is 4. The van der Waals surface area contributed by atoms with Crippen molar-refractivity contribution in [3.05, 3.63) is 57.1 Å². The Labute approximate surface area is 170 Å². The summed E-state index contributed by atoms with van der Waals surface area (Å²) in [6.07, 6.45) is 0. The fourth-order valence-electron chi connectivity index (χ4n) is 2.70. The van der Waals surface area contributed by atoms with E-state index in [0.717, 1.165) is 26.9 Å². The number of phenolic OH excluding ortho intramolecular Hbond substituents is 1. The van der Waals surface area contributed by atoms with Gasteiger partial charge in [0.25, 0.3) is 0 Å². The van der Waals surface area contributed by atoms with E-state index in [1.807, 2.05) is 19.1 Å². The quantitative estimate of drug-likeness (QED) is 0.421. The minimum absolute atomic E-state index is 0.0272. The third kappa shape index (κ3) is 3.94. The summed E-state index contributed by atoms with van der Waals surface area (Å²) in [6, 6.07) is 8.84. The van der Waals surface area contributed by atoms with E-state index in [1.54, 1.807) is 12.1 Å². The maximum Gasteiger partial charge on any atom is 0.189 e. The maximum atomic E-state index is 12.9. The maximum absolute atomic E-state index is 12.9. The van der Waals surface area contributed by atoms with Crippen molar-refractivity contribution in [1.82, 2.24) is 0 Å². The fourth-order valence-corrected chi connectivity index (χ4v) is 4.33. The Morgan fingerprint density at radius 3 is 2.76 bits per heavy atom. The zero-order chi connectivity index (χ0) is 18.1. The van der Waals surface area contributed by atoms with Gasteiger partial charge in [0.15, 0.2) is 12.6 Å². The zero-order valence-electron chi connectivity index (χ0n) is 13.3. The predicted molar refractivity (Wildman–Crippen MR) is 106 cm³/mol. The van der Waals surface area contributed by atoms with Gasteiger partial charge >= 0.3 is 0 Å². The first kappa shape index (κ1) is 18.9. The summed E-state index contributed by atoms with van der Waals surface area (Å²) < 4.78 is 11.9. The molecule has 0 saturated carbocycles. The molecule has 25 heavy (non-hydrogen) atoms. The Morgan fingerprint density at radius 1 is 1.24 bits per heavy atom. The highest BCUT2D eigenvalue weighted by atomic mass is 79.9. The molecule has 0 aromatic heterocycles. The molecule has 132 valence electrons. The van der Waals surface area contributed by atoms with Crippen molar-refractivity contribution in [2.24, 2.45) is 0 Å². The van der Waals surface area contributed by atoms with Crippen molar-refractivity contribution in [2.45, 2.75) is 23.2 Å². The number of carbonyl (C=O) groups excluding carboxylic acids is 1. The molecule has 2 atom stereocenters. The van der Waals surface area contributed by atoms with Gasteiger partial charge in [0, 0.05) is 15.6 Å². The number of fused-ring (bicyclic) bond motifs is 1. The number of halogens is 3. The lowest BCUT2D eigenvalue weighted by Gasteiger charge is -2.25. The molecule has 1 heterocycles. The molecule has 4 nitrogen and oxygen atoms in total. The van der Waals surface area contributed by atoms with E-state index < -0.39 is 4.83 Å². The second-order valence-corrected chi connectivity index (χ2v) is 8.67. The van der Waals surface area contributed by atoms with Crippen molar-refractivity contribution in [1.29, 1.82) is 0 Å². The number of Topliss-reactive ketones (excluding diaryl/α,β-unsaturated/α-hetero) is 1. The molecule has 0 bridgehead atoms. The lowest BCUT2D eigenvalue weighted by atomic mass is 9.98. The topological polar surface area (TPSA) is 55.8 Å². The number of hydrogen-bond donors (Lipinski definition) is 1. The molecule has 0 fully saturated rings. The number of alkyl halides is 2. The van der Waals surface area contributed by atoms with Crippen molar-refractivity contribution in [2.75, 3.05) is 6.79 Å². The van der Waals surface area contributed by atoms with Crippen LogP contribution in [-0.4, -0.2) is 22.5 Å². The SMILES string of the molecule is Cc1ccc(O)c(C(=O)[C@H](Br)[C@@H](Br)c2cc(Br)cc3c2OCOC3)c1. The first-order chi connectivity index (χ1) is 11.9. The number of carbonyl (C=O) groups is 1. The van der Waals surface area contributed by atoms with Crippen LogP contribution in [0, 0.1) is 6.92 Å². The van der Waals surface area contributed by atoms with Crippen LogP contribution in [0.25, 0.3) is 0 Å². The lowest BCUT2D eigenvalue weighted by molar-refractivity contribution is -0.0170. The van der Waals surface area contributed by atoms with E-state index in [0.29, 0.717) is 12.2 Å². The second kappa shape index (κ2) is 7.78. The molecule has 1 N–H and O–H groups in total. The van der Waals surface area contributed by atoms with Gasteiger partial charge in [-0.15, -0.1) is 0 Å². The van der Waals surface area contributed by atoms with Crippen molar-refractivity contribution < 1.29 is 19.4 Å². The largest absolute Gasteiger partial charge is 0.507 e. The van der Waals surface area contributed by atoms with Gasteiger partial charge in [-0.1, -0.05) is 59.4 Å². The number of aromatic hydroxyl groups is 1. The van der Waals surface area contributed by atoms with Gasteiger partial charge in [0.1, 0.15) is 11.5 Å². The molecule has 7 heteroatoms. The number of ether oxygens (including phenoxy) is 2. The highest BCUT2D eigenvalue weighted by molar-refractivity contribution is 9.12. The third-order valence-corrected chi connectivity index (χ3v) is 7.06. The summed E-state index contributed by atoms with van der Waals surface area (Å²) in [5, 5.41) is 10.0. The first-order valence-electron chi connectivity index (χ1n) is 7.53. The molecule has 0 radical (unpaired) electrons. The Morgan fingerprint density at radius 2 is 2.00 bits per heavy atom. The van der Waals surface area contributed by atoms with Gasteiger partial charge in [-0.2, -0.15) is 0 Å². The van der Waals surface area contributed by atoms with E-state index >= 15 is 0 Å². The molecule has 0 amide bonds. The summed E-state index contributed by atoms with van der Waals surface area (Å²) in [5.74, 6) is 0.492. The van der Waals surface area contributed by atoms with Crippen LogP contribution in [-0.2, 0) is 11.3 Å². The standard InChI is InChI=1S/C18H15Br3O4/c1-9-2-3-14(22)12(4-9)17(23)16(21)15(20)13-6-11(19)5-10-7-24-8-25-18(10)13/h2-6,15-16,22H,7-8H2,1H3/t15-,16+/m0/s1. The third-order valence-electron chi connectivity index (χ3n) is 3.93. The first-order valence-corrected chi connectivity index (χ1v) is 10.2. The van der Waals surface area contributed by atoms with Crippen LogP contribution in [0.4, 0.5) is 0 Å². The molecule has 3 rings (SSSR count). The van der Waals surface area contributed by atoms with Crippen LogP contribution in [0.1, 0.15) is 31.9 Å². The Hall–Kier alpha value is -0.890. The van der Waals surface area contributed by atoms with Crippen LogP contribution >= 0.6 is 47.8 Å². The van der Waals surface area contributed by atoms with E-state index in [2.05, 4.69) is 47.8 Å². The van der Waals surface area contributed by atoms with Gasteiger partial charge in [0.2, 0.25) is 0 Å².